The summed E-state index contributed by atoms with van der Waals surface area (Å²) in [7, 11) is 0. The van der Waals surface area contributed by atoms with Crippen LogP contribution in [0.2, 0.25) is 0 Å². The molecule has 0 saturated heterocycles. The molecule has 142 valence electrons. The van der Waals surface area contributed by atoms with E-state index < -0.39 is 0 Å². The number of ether oxygens (including phenoxy) is 1. The van der Waals surface area contributed by atoms with Gasteiger partial charge in [0, 0.05) is 27.8 Å². The van der Waals surface area contributed by atoms with Gasteiger partial charge >= 0.3 is 0 Å². The molecule has 4 heterocycles. The van der Waals surface area contributed by atoms with E-state index in [4.69, 9.17) is 9.84 Å². The number of pyridine rings is 1. The second-order valence-corrected chi connectivity index (χ2v) is 7.83. The van der Waals surface area contributed by atoms with Crippen LogP contribution >= 0.6 is 0 Å². The molecular formula is C21H20FN5O. The van der Waals surface area contributed by atoms with Crippen molar-refractivity contribution in [3.63, 3.8) is 0 Å². The van der Waals surface area contributed by atoms with E-state index in [0.717, 1.165) is 44.8 Å². The van der Waals surface area contributed by atoms with Crippen LogP contribution in [-0.2, 0) is 17.9 Å². The van der Waals surface area contributed by atoms with Crippen molar-refractivity contribution in [1.82, 2.24) is 25.0 Å². The summed E-state index contributed by atoms with van der Waals surface area (Å²) in [5.74, 6) is -0.268. The van der Waals surface area contributed by atoms with Crippen molar-refractivity contribution in [3.05, 3.63) is 53.7 Å². The second kappa shape index (κ2) is 5.97. The normalized spacial score (nSPS) is 15.7. The van der Waals surface area contributed by atoms with Gasteiger partial charge in [-0.15, -0.1) is 0 Å². The molecule has 6 nitrogen and oxygen atoms in total. The van der Waals surface area contributed by atoms with Crippen LogP contribution in [0.5, 0.6) is 0 Å². The zero-order valence-corrected chi connectivity index (χ0v) is 16.0. The highest BCUT2D eigenvalue weighted by atomic mass is 19.1. The Balaban J connectivity index is 1.81. The molecule has 0 saturated carbocycles. The van der Waals surface area contributed by atoms with Crippen LogP contribution in [0, 0.1) is 12.7 Å². The molecule has 7 heteroatoms. The molecule has 1 N–H and O–H groups in total. The van der Waals surface area contributed by atoms with Crippen LogP contribution in [0.4, 0.5) is 4.39 Å². The van der Waals surface area contributed by atoms with E-state index >= 15 is 0 Å². The van der Waals surface area contributed by atoms with Crippen molar-refractivity contribution >= 4 is 11.0 Å². The number of aromatic amines is 1. The highest BCUT2D eigenvalue weighted by Crippen LogP contribution is 2.40. The van der Waals surface area contributed by atoms with E-state index in [1.165, 1.54) is 12.1 Å². The van der Waals surface area contributed by atoms with Gasteiger partial charge in [0.25, 0.3) is 0 Å². The van der Waals surface area contributed by atoms with Gasteiger partial charge in [-0.1, -0.05) is 0 Å². The van der Waals surface area contributed by atoms with Gasteiger partial charge in [0.2, 0.25) is 0 Å². The number of aryl methyl sites for hydroxylation is 1. The van der Waals surface area contributed by atoms with E-state index in [0.29, 0.717) is 13.2 Å². The Morgan fingerprint density at radius 3 is 2.79 bits per heavy atom. The molecule has 1 aromatic carbocycles. The molecule has 1 aliphatic heterocycles. The summed E-state index contributed by atoms with van der Waals surface area (Å²) in [5, 5.41) is 13.0. The lowest BCUT2D eigenvalue weighted by atomic mass is 9.96. The molecular weight excluding hydrogens is 357 g/mol. The second-order valence-electron chi connectivity index (χ2n) is 7.83. The maximum Gasteiger partial charge on any atom is 0.155 e. The summed E-state index contributed by atoms with van der Waals surface area (Å²) in [6, 6.07) is 8.49. The summed E-state index contributed by atoms with van der Waals surface area (Å²) >= 11 is 0. The zero-order chi connectivity index (χ0) is 19.5. The number of halogens is 1. The maximum absolute atomic E-state index is 13.5. The number of rotatable bonds is 2. The lowest BCUT2D eigenvalue weighted by molar-refractivity contribution is -0.0657. The Morgan fingerprint density at radius 2 is 2.00 bits per heavy atom. The van der Waals surface area contributed by atoms with Gasteiger partial charge in [0.15, 0.2) is 5.65 Å². The predicted molar refractivity (Wildman–Crippen MR) is 104 cm³/mol. The van der Waals surface area contributed by atoms with E-state index in [2.05, 4.69) is 29.0 Å². The monoisotopic (exact) mass is 377 g/mol. The molecule has 0 amide bonds. The average Bonchev–Trinajstić information content (AvgIpc) is 3.24. The molecule has 0 bridgehead atoms. The van der Waals surface area contributed by atoms with Crippen molar-refractivity contribution < 1.29 is 9.13 Å². The van der Waals surface area contributed by atoms with Crippen molar-refractivity contribution in [2.45, 2.75) is 39.5 Å². The minimum absolute atomic E-state index is 0.268. The topological polar surface area (TPSA) is 68.6 Å². The first-order valence-electron chi connectivity index (χ1n) is 9.22. The lowest BCUT2D eigenvalue weighted by Gasteiger charge is -2.31. The Kier molecular flexibility index (Phi) is 3.64. The Bertz CT molecular complexity index is 1190. The van der Waals surface area contributed by atoms with Crippen molar-refractivity contribution in [3.8, 4) is 22.4 Å². The first-order valence-corrected chi connectivity index (χ1v) is 9.22. The number of nitrogens with one attached hydrogen (secondary N) is 1. The third-order valence-corrected chi connectivity index (χ3v) is 5.13. The number of fused-ring (bicyclic) bond motifs is 2. The third-order valence-electron chi connectivity index (χ3n) is 5.13. The first kappa shape index (κ1) is 17.1. The molecule has 0 spiro atoms. The van der Waals surface area contributed by atoms with Crippen LogP contribution in [0.1, 0.15) is 25.2 Å². The fourth-order valence-electron chi connectivity index (χ4n) is 3.80. The van der Waals surface area contributed by atoms with Crippen LogP contribution in [0.25, 0.3) is 33.4 Å². The van der Waals surface area contributed by atoms with Gasteiger partial charge in [-0.3, -0.25) is 9.78 Å². The smallest absolute Gasteiger partial charge is 0.155 e. The Morgan fingerprint density at radius 1 is 1.21 bits per heavy atom. The van der Waals surface area contributed by atoms with E-state index in [1.807, 2.05) is 17.7 Å². The van der Waals surface area contributed by atoms with Crippen LogP contribution < -0.4 is 0 Å². The van der Waals surface area contributed by atoms with E-state index in [-0.39, 0.29) is 11.4 Å². The van der Waals surface area contributed by atoms with E-state index in [1.54, 1.807) is 18.3 Å². The minimum atomic E-state index is -0.296. The fourth-order valence-corrected chi connectivity index (χ4v) is 3.80. The number of nitrogens with zero attached hydrogens (tertiary/aromatic N) is 4. The summed E-state index contributed by atoms with van der Waals surface area (Å²) in [5.41, 5.74) is 5.98. The van der Waals surface area contributed by atoms with Crippen molar-refractivity contribution in [2.24, 2.45) is 0 Å². The van der Waals surface area contributed by atoms with Gasteiger partial charge in [-0.2, -0.15) is 10.2 Å². The summed E-state index contributed by atoms with van der Waals surface area (Å²) in [6.07, 6.45) is 1.78. The predicted octanol–water partition coefficient (Wildman–Crippen LogP) is 4.24. The van der Waals surface area contributed by atoms with Crippen LogP contribution in [-0.4, -0.2) is 30.6 Å². The zero-order valence-electron chi connectivity index (χ0n) is 16.0. The van der Waals surface area contributed by atoms with Gasteiger partial charge < -0.3 is 4.74 Å². The van der Waals surface area contributed by atoms with Gasteiger partial charge in [0.05, 0.1) is 30.6 Å². The molecule has 0 atom stereocenters. The van der Waals surface area contributed by atoms with E-state index in [9.17, 15) is 4.39 Å². The number of aromatic nitrogens is 5. The van der Waals surface area contributed by atoms with Crippen molar-refractivity contribution in [2.75, 3.05) is 0 Å². The lowest BCUT2D eigenvalue weighted by Crippen LogP contribution is -2.36. The number of hydrogen-bond donors (Lipinski definition) is 1. The summed E-state index contributed by atoms with van der Waals surface area (Å²) in [6.45, 7) is 7.17. The third kappa shape index (κ3) is 2.70. The molecule has 3 aromatic heterocycles. The highest BCUT2D eigenvalue weighted by molar-refractivity contribution is 5.97. The largest absolute Gasteiger partial charge is 0.367 e. The maximum atomic E-state index is 13.5. The molecule has 1 aliphatic rings. The number of H-pyrrole nitrogens is 1. The van der Waals surface area contributed by atoms with Gasteiger partial charge in [-0.05, 0) is 51.1 Å². The molecule has 0 fully saturated rings. The molecule has 0 unspecified atom stereocenters. The van der Waals surface area contributed by atoms with Crippen LogP contribution in [0.3, 0.4) is 0 Å². The summed E-state index contributed by atoms with van der Waals surface area (Å²) in [4.78, 5) is 4.53. The fraction of sp³-hybridized carbons (Fsp3) is 0.286. The van der Waals surface area contributed by atoms with Gasteiger partial charge in [-0.25, -0.2) is 9.37 Å². The minimum Gasteiger partial charge on any atom is -0.367 e. The number of benzene rings is 1. The SMILES string of the molecule is Cc1cc(-c2c(-c3ccc(F)cc3)nn3c2COC(C)(C)C3)c2cn[nH]c2n1. The highest BCUT2D eigenvalue weighted by Gasteiger charge is 2.32. The molecule has 5 rings (SSSR count). The first-order chi connectivity index (χ1) is 13.4. The summed E-state index contributed by atoms with van der Waals surface area (Å²) < 4.78 is 21.6. The average molecular weight is 377 g/mol. The Hall–Kier alpha value is -3.06. The molecule has 4 aromatic rings. The standard InChI is InChI=1S/C21H20FN5O/c1-12-8-15(16-9-23-25-20(16)24-12)18-17-10-28-21(2,3)11-27(17)26-19(18)13-4-6-14(22)7-5-13/h4-9H,10-11H2,1-3H3,(H,23,24,25). The number of hydrogen-bond acceptors (Lipinski definition) is 4. The van der Waals surface area contributed by atoms with Crippen LogP contribution in [0.15, 0.2) is 36.5 Å². The van der Waals surface area contributed by atoms with Gasteiger partial charge in [0.1, 0.15) is 11.5 Å². The molecule has 28 heavy (non-hydrogen) atoms. The van der Waals surface area contributed by atoms with Crippen molar-refractivity contribution in [1.29, 1.82) is 0 Å². The molecule has 0 radical (unpaired) electrons. The molecule has 0 aliphatic carbocycles. The quantitative estimate of drug-likeness (QED) is 0.567. The Labute approximate surface area is 161 Å².